The molecule has 0 aromatic carbocycles. The molecule has 0 radical (unpaired) electrons. The van der Waals surface area contributed by atoms with Crippen LogP contribution in [0.1, 0.15) is 0 Å². The summed E-state index contributed by atoms with van der Waals surface area (Å²) in [6, 6.07) is 0. The van der Waals surface area contributed by atoms with Crippen LogP contribution >= 0.6 is 0 Å². The van der Waals surface area contributed by atoms with E-state index in [-0.39, 0.29) is 31.6 Å². The average molecular weight is 609 g/mol. The normalized spacial score (nSPS) is 12.9. The lowest BCUT2D eigenvalue weighted by Crippen LogP contribution is -2.33. The van der Waals surface area contributed by atoms with Gasteiger partial charge in [0.05, 0.1) is 112 Å². The van der Waals surface area contributed by atoms with Gasteiger partial charge in [0.25, 0.3) is 11.8 Å². The number of rotatable bonds is 31. The van der Waals surface area contributed by atoms with Crippen LogP contribution in [-0.2, 0) is 61.8 Å². The van der Waals surface area contributed by atoms with Crippen molar-refractivity contribution in [1.29, 1.82) is 0 Å². The lowest BCUT2D eigenvalue weighted by atomic mass is 10.5. The number of ether oxygens (including phenoxy) is 9. The molecule has 1 rings (SSSR count). The van der Waals surface area contributed by atoms with Crippen molar-refractivity contribution in [1.82, 2.24) is 10.2 Å². The highest BCUT2D eigenvalue weighted by atomic mass is 16.6. The van der Waals surface area contributed by atoms with Crippen molar-refractivity contribution in [2.45, 2.75) is 0 Å². The Balaban J connectivity index is 1.66. The predicted octanol–water partition coefficient (Wildman–Crippen LogP) is -1.74. The first-order valence-corrected chi connectivity index (χ1v) is 13.7. The van der Waals surface area contributed by atoms with E-state index in [4.69, 9.17) is 43.0 Å². The van der Waals surface area contributed by atoms with Gasteiger partial charge in [-0.1, -0.05) is 0 Å². The highest BCUT2D eigenvalue weighted by molar-refractivity contribution is 6.12. The summed E-state index contributed by atoms with van der Waals surface area (Å²) in [5, 5.41) is 10.9. The van der Waals surface area contributed by atoms with Crippen LogP contribution in [0.5, 0.6) is 0 Å². The molecule has 0 saturated carbocycles. The van der Waals surface area contributed by atoms with E-state index in [9.17, 15) is 19.2 Å². The second kappa shape index (κ2) is 27.3. The van der Waals surface area contributed by atoms with Gasteiger partial charge in [-0.3, -0.25) is 19.3 Å². The van der Waals surface area contributed by atoms with Gasteiger partial charge in [0.1, 0.15) is 13.2 Å². The Bertz CT molecular complexity index is 749. The van der Waals surface area contributed by atoms with Crippen LogP contribution in [0.4, 0.5) is 0 Å². The van der Waals surface area contributed by atoms with Crippen molar-refractivity contribution < 1.29 is 66.9 Å². The minimum Gasteiger partial charge on any atom is -0.480 e. The molecule has 1 heterocycles. The van der Waals surface area contributed by atoms with Gasteiger partial charge in [-0.05, 0) is 0 Å². The SMILES string of the molecule is O=C(O)COCC(=O)NCCOCCOCCOCCOCCOCCOCCOCCOCCN1C(=O)C=CC1=O. The van der Waals surface area contributed by atoms with E-state index in [1.165, 1.54) is 12.2 Å². The van der Waals surface area contributed by atoms with Crippen LogP contribution < -0.4 is 5.32 Å². The van der Waals surface area contributed by atoms with Gasteiger partial charge in [-0.15, -0.1) is 0 Å². The Morgan fingerprint density at radius 1 is 0.548 bits per heavy atom. The molecule has 16 heteroatoms. The van der Waals surface area contributed by atoms with Crippen LogP contribution in [0.25, 0.3) is 0 Å². The third-order valence-corrected chi connectivity index (χ3v) is 4.99. The van der Waals surface area contributed by atoms with Crippen molar-refractivity contribution in [3.8, 4) is 0 Å². The summed E-state index contributed by atoms with van der Waals surface area (Å²) in [6.07, 6.45) is 2.49. The summed E-state index contributed by atoms with van der Waals surface area (Å²) < 4.78 is 47.7. The van der Waals surface area contributed by atoms with Crippen LogP contribution in [-0.4, -0.2) is 166 Å². The first kappa shape index (κ1) is 37.5. The number of amides is 3. The molecule has 0 unspecified atom stereocenters. The number of carboxylic acids is 1. The number of carbonyl (C=O) groups excluding carboxylic acids is 3. The van der Waals surface area contributed by atoms with Gasteiger partial charge in [0, 0.05) is 18.7 Å². The number of imide groups is 1. The predicted molar refractivity (Wildman–Crippen MR) is 144 cm³/mol. The first-order chi connectivity index (χ1) is 20.5. The summed E-state index contributed by atoms with van der Waals surface area (Å²) in [7, 11) is 0. The fraction of sp³-hybridized carbons (Fsp3) is 0.769. The number of nitrogens with one attached hydrogen (secondary N) is 1. The van der Waals surface area contributed by atoms with Gasteiger partial charge >= 0.3 is 5.97 Å². The Morgan fingerprint density at radius 3 is 1.29 bits per heavy atom. The number of hydrogen-bond donors (Lipinski definition) is 2. The molecule has 0 aromatic rings. The Kier molecular flexibility index (Phi) is 24.4. The molecule has 0 aromatic heterocycles. The molecule has 0 saturated heterocycles. The molecule has 0 atom stereocenters. The maximum Gasteiger partial charge on any atom is 0.329 e. The molecule has 42 heavy (non-hydrogen) atoms. The van der Waals surface area contributed by atoms with E-state index in [2.05, 4.69) is 10.1 Å². The van der Waals surface area contributed by atoms with Crippen LogP contribution in [0.3, 0.4) is 0 Å². The molecule has 0 spiro atoms. The number of hydrogen-bond acceptors (Lipinski definition) is 13. The zero-order valence-corrected chi connectivity index (χ0v) is 24.0. The van der Waals surface area contributed by atoms with E-state index in [0.717, 1.165) is 4.90 Å². The van der Waals surface area contributed by atoms with E-state index >= 15 is 0 Å². The second-order valence-corrected chi connectivity index (χ2v) is 8.30. The average Bonchev–Trinajstić information content (AvgIpc) is 3.28. The number of nitrogens with zero attached hydrogens (tertiary/aromatic N) is 1. The first-order valence-electron chi connectivity index (χ1n) is 13.7. The molecular formula is C26H44N2O14. The molecule has 16 nitrogen and oxygen atoms in total. The summed E-state index contributed by atoms with van der Waals surface area (Å²) in [6.45, 7) is 6.21. The third kappa shape index (κ3) is 23.1. The van der Waals surface area contributed by atoms with Crippen LogP contribution in [0, 0.1) is 0 Å². The highest BCUT2D eigenvalue weighted by Crippen LogP contribution is 2.02. The Morgan fingerprint density at radius 2 is 0.905 bits per heavy atom. The lowest BCUT2D eigenvalue weighted by Gasteiger charge is -2.13. The standard InChI is InChI=1S/C26H44N2O14/c29-23(21-42-22-26(32)33)27-3-5-34-7-9-36-11-13-38-15-17-40-19-20-41-18-16-39-14-12-37-10-8-35-6-4-28-24(30)1-2-25(28)31/h1-2H,3-22H2,(H,27,29)(H,32,33). The summed E-state index contributed by atoms with van der Waals surface area (Å²) in [5.74, 6) is -2.17. The fourth-order valence-corrected chi connectivity index (χ4v) is 2.99. The molecular weight excluding hydrogens is 564 g/mol. The van der Waals surface area contributed by atoms with Crippen molar-refractivity contribution in [2.75, 3.05) is 132 Å². The van der Waals surface area contributed by atoms with Crippen molar-refractivity contribution in [3.05, 3.63) is 12.2 Å². The molecule has 1 aliphatic rings. The molecule has 0 bridgehead atoms. The van der Waals surface area contributed by atoms with E-state index in [1.807, 2.05) is 0 Å². The van der Waals surface area contributed by atoms with Gasteiger partial charge in [0.2, 0.25) is 5.91 Å². The molecule has 242 valence electrons. The largest absolute Gasteiger partial charge is 0.480 e. The van der Waals surface area contributed by atoms with E-state index in [1.54, 1.807) is 0 Å². The quantitative estimate of drug-likeness (QED) is 0.0667. The minimum atomic E-state index is -1.13. The highest BCUT2D eigenvalue weighted by Gasteiger charge is 2.22. The lowest BCUT2D eigenvalue weighted by molar-refractivity contribution is -0.144. The van der Waals surface area contributed by atoms with Gasteiger partial charge in [-0.25, -0.2) is 4.79 Å². The number of carboxylic acid groups (broad SMARTS) is 1. The maximum absolute atomic E-state index is 11.4. The fourth-order valence-electron chi connectivity index (χ4n) is 2.99. The van der Waals surface area contributed by atoms with Gasteiger partial charge in [-0.2, -0.15) is 0 Å². The zero-order valence-electron chi connectivity index (χ0n) is 24.0. The topological polar surface area (TPSA) is 187 Å². The van der Waals surface area contributed by atoms with Gasteiger partial charge in [0.15, 0.2) is 0 Å². The van der Waals surface area contributed by atoms with E-state index < -0.39 is 18.5 Å². The smallest absolute Gasteiger partial charge is 0.329 e. The number of aliphatic carboxylic acids is 1. The summed E-state index contributed by atoms with van der Waals surface area (Å²) >= 11 is 0. The Labute approximate surface area is 245 Å². The van der Waals surface area contributed by atoms with Crippen LogP contribution in [0.2, 0.25) is 0 Å². The molecule has 3 amide bonds. The minimum absolute atomic E-state index is 0.229. The van der Waals surface area contributed by atoms with Crippen molar-refractivity contribution >= 4 is 23.7 Å². The Hall–Kier alpha value is -2.54. The van der Waals surface area contributed by atoms with Crippen molar-refractivity contribution in [2.24, 2.45) is 0 Å². The zero-order chi connectivity index (χ0) is 30.5. The van der Waals surface area contributed by atoms with Gasteiger partial charge < -0.3 is 53.1 Å². The molecule has 2 N–H and O–H groups in total. The molecule has 0 fully saturated rings. The number of carbonyl (C=O) groups is 4. The summed E-state index contributed by atoms with van der Waals surface area (Å²) in [5.41, 5.74) is 0. The summed E-state index contributed by atoms with van der Waals surface area (Å²) in [4.78, 5) is 45.5. The third-order valence-electron chi connectivity index (χ3n) is 4.99. The van der Waals surface area contributed by atoms with Crippen LogP contribution in [0.15, 0.2) is 12.2 Å². The molecule has 0 aliphatic carbocycles. The second-order valence-electron chi connectivity index (χ2n) is 8.30. The van der Waals surface area contributed by atoms with Crippen molar-refractivity contribution in [3.63, 3.8) is 0 Å². The molecule has 1 aliphatic heterocycles. The maximum atomic E-state index is 11.4. The van der Waals surface area contributed by atoms with E-state index in [0.29, 0.717) is 106 Å². The monoisotopic (exact) mass is 608 g/mol.